The van der Waals surface area contributed by atoms with Crippen LogP contribution in [0.1, 0.15) is 22.8 Å². The highest BCUT2D eigenvalue weighted by Gasteiger charge is 2.22. The number of hydrogen-bond acceptors (Lipinski definition) is 8. The molecule has 0 fully saturated rings. The molecule has 0 radical (unpaired) electrons. The number of hydrogen-bond donors (Lipinski definition) is 1. The van der Waals surface area contributed by atoms with Gasteiger partial charge in [0.2, 0.25) is 0 Å². The van der Waals surface area contributed by atoms with Gasteiger partial charge in [-0.1, -0.05) is 24.3 Å². The monoisotopic (exact) mass is 595 g/mol. The number of carbonyl (C=O) groups excluding carboxylic acids is 1. The van der Waals surface area contributed by atoms with Crippen LogP contribution in [0.25, 0.3) is 0 Å². The molecular weight excluding hydrogens is 577 g/mol. The predicted molar refractivity (Wildman–Crippen MR) is 133 cm³/mol. The van der Waals surface area contributed by atoms with Crippen molar-refractivity contribution in [3.8, 4) is 11.5 Å². The first-order valence-electron chi connectivity index (χ1n) is 9.75. The van der Waals surface area contributed by atoms with Crippen molar-refractivity contribution in [1.29, 1.82) is 0 Å². The van der Waals surface area contributed by atoms with Gasteiger partial charge in [0.25, 0.3) is 11.6 Å². The maximum absolute atomic E-state index is 12.6. The lowest BCUT2D eigenvalue weighted by Crippen LogP contribution is -2.17. The molecule has 176 valence electrons. The fourth-order valence-electron chi connectivity index (χ4n) is 2.74. The summed E-state index contributed by atoms with van der Waals surface area (Å²) >= 11 is 1.91. The van der Waals surface area contributed by atoms with Gasteiger partial charge in [0, 0.05) is 17.7 Å². The van der Waals surface area contributed by atoms with Gasteiger partial charge in [-0.2, -0.15) is 13.5 Å². The van der Waals surface area contributed by atoms with E-state index in [9.17, 15) is 23.3 Å². The highest BCUT2D eigenvalue weighted by molar-refractivity contribution is 14.1. The molecule has 1 amide bonds. The summed E-state index contributed by atoms with van der Waals surface area (Å²) in [6.07, 6.45) is 1.33. The molecule has 0 unspecified atom stereocenters. The number of nitrogens with zero attached hydrogens (tertiary/aromatic N) is 2. The van der Waals surface area contributed by atoms with E-state index in [4.69, 9.17) is 8.92 Å². The number of ether oxygens (including phenoxy) is 1. The second kappa shape index (κ2) is 11.1. The smallest absolute Gasteiger partial charge is 0.339 e. The topological polar surface area (TPSA) is 137 Å². The third-order valence-corrected chi connectivity index (χ3v) is 6.29. The largest absolute Gasteiger partial charge is 0.490 e. The molecule has 0 bridgehead atoms. The number of nitro groups is 1. The summed E-state index contributed by atoms with van der Waals surface area (Å²) in [5.41, 5.74) is 2.65. The Morgan fingerprint density at radius 2 is 1.88 bits per heavy atom. The average molecular weight is 595 g/mol. The lowest BCUT2D eigenvalue weighted by Gasteiger charge is -2.14. The molecule has 0 aliphatic rings. The summed E-state index contributed by atoms with van der Waals surface area (Å²) in [5.74, 6) is -0.418. The zero-order valence-corrected chi connectivity index (χ0v) is 20.6. The van der Waals surface area contributed by atoms with Gasteiger partial charge in [-0.3, -0.25) is 14.9 Å². The fraction of sp³-hybridized carbons (Fsp3) is 0.0909. The molecule has 34 heavy (non-hydrogen) atoms. The van der Waals surface area contributed by atoms with Crippen LogP contribution in [-0.4, -0.2) is 32.1 Å². The summed E-state index contributed by atoms with van der Waals surface area (Å²) in [4.78, 5) is 22.5. The molecule has 0 aliphatic heterocycles. The highest BCUT2D eigenvalue weighted by atomic mass is 127. The van der Waals surface area contributed by atoms with Crippen LogP contribution >= 0.6 is 22.6 Å². The van der Waals surface area contributed by atoms with Crippen molar-refractivity contribution in [3.05, 3.63) is 91.5 Å². The van der Waals surface area contributed by atoms with Crippen LogP contribution in [0, 0.1) is 13.7 Å². The Labute approximate surface area is 209 Å². The lowest BCUT2D eigenvalue weighted by atomic mass is 10.2. The molecule has 0 saturated heterocycles. The van der Waals surface area contributed by atoms with E-state index in [-0.39, 0.29) is 34.3 Å². The maximum atomic E-state index is 12.6. The Hall–Kier alpha value is -3.52. The van der Waals surface area contributed by atoms with Crippen LogP contribution in [0.15, 0.2) is 76.7 Å². The van der Waals surface area contributed by atoms with Crippen LogP contribution in [0.5, 0.6) is 11.5 Å². The summed E-state index contributed by atoms with van der Waals surface area (Å²) < 4.78 is 36.7. The molecule has 0 aliphatic carbocycles. The van der Waals surface area contributed by atoms with Crippen LogP contribution in [0.3, 0.4) is 0 Å². The third kappa shape index (κ3) is 6.29. The van der Waals surface area contributed by atoms with Crippen LogP contribution < -0.4 is 14.3 Å². The highest BCUT2D eigenvalue weighted by Crippen LogP contribution is 2.36. The van der Waals surface area contributed by atoms with E-state index in [1.54, 1.807) is 31.2 Å². The number of non-ortho nitro benzene ring substituents is 1. The van der Waals surface area contributed by atoms with E-state index < -0.39 is 20.9 Å². The number of carbonyl (C=O) groups is 1. The second-order valence-electron chi connectivity index (χ2n) is 6.62. The summed E-state index contributed by atoms with van der Waals surface area (Å²) in [7, 11) is -4.08. The van der Waals surface area contributed by atoms with Crippen LogP contribution in [0.2, 0.25) is 0 Å². The molecule has 12 heteroatoms. The number of benzene rings is 3. The van der Waals surface area contributed by atoms with Crippen molar-refractivity contribution in [2.24, 2.45) is 5.10 Å². The number of rotatable bonds is 9. The number of nitrogens with one attached hydrogen (secondary N) is 1. The van der Waals surface area contributed by atoms with Gasteiger partial charge in [0.15, 0.2) is 11.5 Å². The minimum Gasteiger partial charge on any atom is -0.490 e. The van der Waals surface area contributed by atoms with Crippen molar-refractivity contribution in [1.82, 2.24) is 5.43 Å². The quantitative estimate of drug-likeness (QED) is 0.129. The molecule has 0 aromatic heterocycles. The molecule has 3 aromatic carbocycles. The first-order chi connectivity index (χ1) is 16.2. The minimum atomic E-state index is -4.08. The van der Waals surface area contributed by atoms with E-state index in [0.29, 0.717) is 9.13 Å². The lowest BCUT2D eigenvalue weighted by molar-refractivity contribution is -0.384. The van der Waals surface area contributed by atoms with Gasteiger partial charge in [0.05, 0.1) is 21.3 Å². The molecule has 3 rings (SSSR count). The van der Waals surface area contributed by atoms with Crippen LogP contribution in [-0.2, 0) is 10.1 Å². The van der Waals surface area contributed by atoms with E-state index >= 15 is 0 Å². The second-order valence-corrected chi connectivity index (χ2v) is 9.33. The molecule has 0 saturated carbocycles. The Balaban J connectivity index is 1.81. The van der Waals surface area contributed by atoms with Gasteiger partial charge in [-0.15, -0.1) is 0 Å². The van der Waals surface area contributed by atoms with Crippen molar-refractivity contribution >= 4 is 50.5 Å². The van der Waals surface area contributed by atoms with Gasteiger partial charge in [-0.25, -0.2) is 5.43 Å². The summed E-state index contributed by atoms with van der Waals surface area (Å²) in [5, 5.41) is 14.7. The van der Waals surface area contributed by atoms with Gasteiger partial charge in [0.1, 0.15) is 4.90 Å². The van der Waals surface area contributed by atoms with Crippen molar-refractivity contribution in [3.63, 3.8) is 0 Å². The first kappa shape index (κ1) is 25.1. The van der Waals surface area contributed by atoms with Gasteiger partial charge in [-0.05, 0) is 65.4 Å². The van der Waals surface area contributed by atoms with Crippen molar-refractivity contribution in [2.45, 2.75) is 11.8 Å². The normalized spacial score (nSPS) is 11.2. The molecule has 0 atom stereocenters. The predicted octanol–water partition coefficient (Wildman–Crippen LogP) is 4.13. The van der Waals surface area contributed by atoms with E-state index in [1.807, 2.05) is 22.6 Å². The Morgan fingerprint density at radius 3 is 2.56 bits per heavy atom. The van der Waals surface area contributed by atoms with Crippen molar-refractivity contribution < 1.29 is 27.1 Å². The minimum absolute atomic E-state index is 0.00255. The molecule has 0 heterocycles. The average Bonchev–Trinajstić information content (AvgIpc) is 2.82. The SMILES string of the molecule is CCOc1cc(/C=N\NC(=O)c2cccc([N+](=O)[O-])c2)cc(I)c1OS(=O)(=O)c1ccccc1. The Kier molecular flexibility index (Phi) is 8.17. The first-order valence-corrected chi connectivity index (χ1v) is 12.2. The fourth-order valence-corrected chi connectivity index (χ4v) is 4.60. The van der Waals surface area contributed by atoms with E-state index in [0.717, 1.165) is 6.07 Å². The third-order valence-electron chi connectivity index (χ3n) is 4.26. The maximum Gasteiger partial charge on any atom is 0.339 e. The van der Waals surface area contributed by atoms with Crippen molar-refractivity contribution in [2.75, 3.05) is 6.61 Å². The number of hydrazone groups is 1. The number of amides is 1. The standard InChI is InChI=1S/C22H18IN3O7S/c1-2-32-20-12-15(14-24-25-22(27)16-7-6-8-17(13-16)26(28)29)11-19(23)21(20)33-34(30,31)18-9-4-3-5-10-18/h3-14H,2H2,1H3,(H,25,27)/b24-14-. The molecule has 1 N–H and O–H groups in total. The zero-order valence-electron chi connectivity index (χ0n) is 17.7. The summed E-state index contributed by atoms with van der Waals surface area (Å²) in [6.45, 7) is 1.99. The molecule has 0 spiro atoms. The number of halogens is 1. The number of nitro benzene ring substituents is 1. The molecular formula is C22H18IN3O7S. The van der Waals surface area contributed by atoms with Gasteiger partial charge >= 0.3 is 10.1 Å². The van der Waals surface area contributed by atoms with Gasteiger partial charge < -0.3 is 8.92 Å². The molecule has 10 nitrogen and oxygen atoms in total. The zero-order chi connectivity index (χ0) is 24.7. The van der Waals surface area contributed by atoms with E-state index in [2.05, 4.69) is 10.5 Å². The van der Waals surface area contributed by atoms with Crippen LogP contribution in [0.4, 0.5) is 5.69 Å². The Bertz CT molecular complexity index is 1350. The summed E-state index contributed by atoms with van der Waals surface area (Å²) in [6, 6.07) is 16.1. The Morgan fingerprint density at radius 1 is 1.15 bits per heavy atom. The van der Waals surface area contributed by atoms with E-state index in [1.165, 1.54) is 42.6 Å². The molecule has 3 aromatic rings.